The fourth-order valence-corrected chi connectivity index (χ4v) is 6.04. The third-order valence-electron chi connectivity index (χ3n) is 7.83. The first-order chi connectivity index (χ1) is 20.1. The molecule has 2 heterocycles. The van der Waals surface area contributed by atoms with Crippen LogP contribution in [0.3, 0.4) is 0 Å². The van der Waals surface area contributed by atoms with Gasteiger partial charge in [0.1, 0.15) is 11.8 Å². The molecule has 0 saturated heterocycles. The molecule has 0 radical (unpaired) electrons. The second kappa shape index (κ2) is 12.1. The smallest absolute Gasteiger partial charge is 0.264 e. The molecule has 0 bridgehead atoms. The van der Waals surface area contributed by atoms with Crippen LogP contribution in [0, 0.1) is 19.8 Å². The second-order valence-electron chi connectivity index (χ2n) is 11.0. The minimum absolute atomic E-state index is 0.154. The van der Waals surface area contributed by atoms with Gasteiger partial charge in [-0.25, -0.2) is 0 Å². The van der Waals surface area contributed by atoms with Crippen LogP contribution in [0.4, 0.5) is 5.69 Å². The predicted octanol–water partition coefficient (Wildman–Crippen LogP) is 6.73. The molecule has 2 N–H and O–H groups in total. The molecule has 1 aromatic heterocycles. The quantitative estimate of drug-likeness (QED) is 0.224. The van der Waals surface area contributed by atoms with Crippen molar-refractivity contribution in [2.75, 3.05) is 26.1 Å². The van der Waals surface area contributed by atoms with Crippen LogP contribution >= 0.6 is 15.9 Å². The molecule has 2 amide bonds. The number of carbonyl (C=O) groups excluding carboxylic acids is 2. The average Bonchev–Trinajstić information content (AvgIpc) is 3.32. The number of hydrogen-bond donors (Lipinski definition) is 2. The highest BCUT2D eigenvalue weighted by atomic mass is 79.9. The van der Waals surface area contributed by atoms with Crippen LogP contribution in [-0.2, 0) is 16.0 Å². The first kappa shape index (κ1) is 29.5. The summed E-state index contributed by atoms with van der Waals surface area (Å²) in [4.78, 5) is 33.6. The van der Waals surface area contributed by atoms with Crippen LogP contribution in [0.2, 0.25) is 0 Å². The van der Waals surface area contributed by atoms with Crippen LogP contribution < -0.4 is 19.5 Å². The predicted molar refractivity (Wildman–Crippen MR) is 168 cm³/mol. The molecular formula is C33H36BrN3O5. The van der Waals surface area contributed by atoms with Crippen LogP contribution in [0.15, 0.2) is 59.2 Å². The number of methoxy groups -OCH3 is 2. The van der Waals surface area contributed by atoms with Crippen molar-refractivity contribution in [2.45, 2.75) is 46.3 Å². The zero-order chi connectivity index (χ0) is 30.1. The summed E-state index contributed by atoms with van der Waals surface area (Å²) in [7, 11) is 3.19. The molecule has 1 aliphatic heterocycles. The van der Waals surface area contributed by atoms with E-state index in [9.17, 15) is 9.59 Å². The maximum Gasteiger partial charge on any atom is 0.264 e. The number of aryl methyl sites for hydroxylation is 2. The molecule has 5 rings (SSSR count). The number of anilines is 1. The lowest BCUT2D eigenvalue weighted by molar-refractivity contribution is -0.145. The molecule has 4 aromatic rings. The summed E-state index contributed by atoms with van der Waals surface area (Å²) in [5, 5.41) is 4.15. The van der Waals surface area contributed by atoms with Crippen molar-refractivity contribution in [3.05, 3.63) is 81.5 Å². The molecule has 0 fully saturated rings. The third-order valence-corrected chi connectivity index (χ3v) is 8.28. The molecule has 3 aromatic carbocycles. The first-order valence-corrected chi connectivity index (χ1v) is 14.8. The Morgan fingerprint density at radius 1 is 1.10 bits per heavy atom. The summed E-state index contributed by atoms with van der Waals surface area (Å²) in [5.74, 6) is 0.870. The lowest BCUT2D eigenvalue weighted by atomic mass is 10.00. The van der Waals surface area contributed by atoms with E-state index >= 15 is 0 Å². The second-order valence-corrected chi connectivity index (χ2v) is 11.9. The van der Waals surface area contributed by atoms with Gasteiger partial charge in [0.05, 0.1) is 14.2 Å². The molecule has 8 nitrogen and oxygen atoms in total. The van der Waals surface area contributed by atoms with Crippen LogP contribution in [-0.4, -0.2) is 48.6 Å². The minimum atomic E-state index is -0.971. The maximum atomic E-state index is 14.3. The Hall–Kier alpha value is -3.98. The number of aromatic amines is 1. The molecule has 9 heteroatoms. The van der Waals surface area contributed by atoms with Crippen molar-refractivity contribution >= 4 is 44.3 Å². The van der Waals surface area contributed by atoms with Crippen LogP contribution in [0.25, 0.3) is 10.9 Å². The number of amides is 2. The van der Waals surface area contributed by atoms with Crippen LogP contribution in [0.5, 0.6) is 17.2 Å². The molecule has 0 spiro atoms. The number of nitrogens with one attached hydrogen (secondary N) is 2. The Kier molecular flexibility index (Phi) is 8.50. The van der Waals surface area contributed by atoms with Gasteiger partial charge in [-0.2, -0.15) is 0 Å². The number of carbonyl (C=O) groups is 2. The largest absolute Gasteiger partial charge is 0.497 e. The van der Waals surface area contributed by atoms with Crippen molar-refractivity contribution < 1.29 is 23.8 Å². The minimum Gasteiger partial charge on any atom is -0.497 e. The van der Waals surface area contributed by atoms with E-state index in [1.165, 1.54) is 0 Å². The van der Waals surface area contributed by atoms with Gasteiger partial charge >= 0.3 is 0 Å². The summed E-state index contributed by atoms with van der Waals surface area (Å²) in [6.07, 6.45) is 1.65. The van der Waals surface area contributed by atoms with Gasteiger partial charge in [-0.15, -0.1) is 0 Å². The van der Waals surface area contributed by atoms with Crippen LogP contribution in [0.1, 0.15) is 42.1 Å². The molecule has 0 saturated carbocycles. The van der Waals surface area contributed by atoms with Crippen molar-refractivity contribution in [3.63, 3.8) is 0 Å². The zero-order valence-electron chi connectivity index (χ0n) is 24.7. The molecule has 42 heavy (non-hydrogen) atoms. The van der Waals surface area contributed by atoms with Gasteiger partial charge in [0.15, 0.2) is 17.6 Å². The normalized spacial score (nSPS) is 16.7. The summed E-state index contributed by atoms with van der Waals surface area (Å²) in [6, 6.07) is 14.4. The Labute approximate surface area is 254 Å². The number of fused-ring (bicyclic) bond motifs is 2. The van der Waals surface area contributed by atoms with E-state index in [1.54, 1.807) is 25.2 Å². The fourth-order valence-electron chi connectivity index (χ4n) is 5.58. The summed E-state index contributed by atoms with van der Waals surface area (Å²) in [6.45, 7) is 8.07. The SMILES string of the molecule is COc1ccc2[nH]cc(CCN3C(=O)C(C(C)C)Oc4c(OC)cc(Br)cc4C3C(=O)Nc3c(C)cccc3C)c2c1. The Morgan fingerprint density at radius 3 is 2.50 bits per heavy atom. The molecule has 1 aliphatic rings. The van der Waals surface area contributed by atoms with Gasteiger partial charge in [-0.05, 0) is 73.2 Å². The third kappa shape index (κ3) is 5.57. The van der Waals surface area contributed by atoms with Gasteiger partial charge in [0.2, 0.25) is 0 Å². The first-order valence-electron chi connectivity index (χ1n) is 14.0. The summed E-state index contributed by atoms with van der Waals surface area (Å²) in [5.41, 5.74) is 5.15. The van der Waals surface area contributed by atoms with E-state index in [2.05, 4.69) is 26.2 Å². The highest BCUT2D eigenvalue weighted by molar-refractivity contribution is 9.10. The zero-order valence-corrected chi connectivity index (χ0v) is 26.3. The van der Waals surface area contributed by atoms with E-state index in [-0.39, 0.29) is 24.3 Å². The molecule has 2 atom stereocenters. The summed E-state index contributed by atoms with van der Waals surface area (Å²) < 4.78 is 18.3. The number of hydrogen-bond acceptors (Lipinski definition) is 5. The maximum absolute atomic E-state index is 14.3. The number of rotatable bonds is 8. The van der Waals surface area contributed by atoms with E-state index < -0.39 is 12.1 Å². The van der Waals surface area contributed by atoms with Crippen molar-refractivity contribution in [2.24, 2.45) is 5.92 Å². The van der Waals surface area contributed by atoms with Gasteiger partial charge in [0.25, 0.3) is 11.8 Å². The average molecular weight is 635 g/mol. The molecule has 0 aliphatic carbocycles. The van der Waals surface area contributed by atoms with Gasteiger partial charge in [-0.3, -0.25) is 9.59 Å². The number of aromatic nitrogens is 1. The van der Waals surface area contributed by atoms with E-state index in [4.69, 9.17) is 14.2 Å². The number of benzene rings is 3. The van der Waals surface area contributed by atoms with Crippen molar-refractivity contribution in [3.8, 4) is 17.2 Å². The Balaban J connectivity index is 1.62. The highest BCUT2D eigenvalue weighted by Crippen LogP contribution is 2.44. The van der Waals surface area contributed by atoms with Gasteiger partial charge in [-0.1, -0.05) is 48.0 Å². The Bertz CT molecular complexity index is 1630. The standard InChI is InChI=1S/C33H36BrN3O5/c1-18(2)30-33(39)37(13-12-21-17-35-26-11-10-23(40-5)16-24(21)26)29(25-14-22(34)15-27(41-6)31(25)42-30)32(38)36-28-19(3)8-7-9-20(28)4/h7-11,14-18,29-30,35H,12-13H2,1-6H3,(H,36,38). The number of para-hydroxylation sites is 1. The van der Waals surface area contributed by atoms with Crippen molar-refractivity contribution in [1.29, 1.82) is 0 Å². The lowest BCUT2D eigenvalue weighted by Crippen LogP contribution is -2.47. The van der Waals surface area contributed by atoms with E-state index in [0.29, 0.717) is 28.0 Å². The van der Waals surface area contributed by atoms with E-state index in [1.807, 2.05) is 76.4 Å². The molecule has 220 valence electrons. The van der Waals surface area contributed by atoms with Gasteiger partial charge < -0.3 is 29.4 Å². The monoisotopic (exact) mass is 633 g/mol. The fraction of sp³-hybridized carbons (Fsp3) is 0.333. The van der Waals surface area contributed by atoms with E-state index in [0.717, 1.165) is 39.0 Å². The Morgan fingerprint density at radius 2 is 1.83 bits per heavy atom. The number of nitrogens with zero attached hydrogens (tertiary/aromatic N) is 1. The number of halogens is 1. The topological polar surface area (TPSA) is 92.9 Å². The van der Waals surface area contributed by atoms with Crippen molar-refractivity contribution in [1.82, 2.24) is 9.88 Å². The molecule has 2 unspecified atom stereocenters. The van der Waals surface area contributed by atoms with Gasteiger partial charge in [0, 0.05) is 39.4 Å². The number of ether oxygens (including phenoxy) is 3. The molecular weight excluding hydrogens is 598 g/mol. The number of H-pyrrole nitrogens is 1. The lowest BCUT2D eigenvalue weighted by Gasteiger charge is -2.31. The highest BCUT2D eigenvalue weighted by Gasteiger charge is 2.43. The summed E-state index contributed by atoms with van der Waals surface area (Å²) >= 11 is 3.58.